The van der Waals surface area contributed by atoms with Crippen LogP contribution in [0, 0.1) is 0 Å². The van der Waals surface area contributed by atoms with E-state index in [-0.39, 0.29) is 0 Å². The van der Waals surface area contributed by atoms with Crippen LogP contribution in [-0.4, -0.2) is 30.4 Å². The van der Waals surface area contributed by atoms with Crippen molar-refractivity contribution in [3.8, 4) is 0 Å². The number of likely N-dealkylation sites (tertiary alicyclic amines) is 1. The summed E-state index contributed by atoms with van der Waals surface area (Å²) in [5, 5.41) is 0. The fourth-order valence-electron chi connectivity index (χ4n) is 1.89. The third kappa shape index (κ3) is 1.08. The first-order valence-corrected chi connectivity index (χ1v) is 4.28. The van der Waals surface area contributed by atoms with E-state index in [1.807, 2.05) is 0 Å². The second-order valence-electron chi connectivity index (χ2n) is 3.21. The number of nitrogens with zero attached hydrogens (tertiary/aromatic N) is 1. The Bertz CT molecular complexity index is 136. The second-order valence-corrected chi connectivity index (χ2v) is 3.21. The molecule has 56 valence electrons. The zero-order chi connectivity index (χ0) is 6.81. The summed E-state index contributed by atoms with van der Waals surface area (Å²) in [5.74, 6) is 0. The van der Waals surface area contributed by atoms with Crippen LogP contribution >= 0.6 is 0 Å². The molecule has 2 aliphatic heterocycles. The molecular weight excluding hydrogens is 124 g/mol. The van der Waals surface area contributed by atoms with Crippen LogP contribution in [-0.2, 0) is 0 Å². The van der Waals surface area contributed by atoms with Gasteiger partial charge in [0, 0.05) is 25.9 Å². The highest BCUT2D eigenvalue weighted by molar-refractivity contribution is 5.51. The van der Waals surface area contributed by atoms with Gasteiger partial charge in [0.2, 0.25) is 6.17 Å². The summed E-state index contributed by atoms with van der Waals surface area (Å²) in [6.45, 7) is 2.62. The average Bonchev–Trinajstić information content (AvgIpc) is 2.59. The maximum atomic E-state index is 3.40. The Balaban J connectivity index is 1.91. The molecule has 1 atom stereocenters. The van der Waals surface area contributed by atoms with Crippen molar-refractivity contribution in [2.24, 2.45) is 0 Å². The van der Waals surface area contributed by atoms with Gasteiger partial charge in [-0.2, -0.15) is 0 Å². The quantitative estimate of drug-likeness (QED) is 0.511. The van der Waals surface area contributed by atoms with E-state index in [0.717, 1.165) is 0 Å². The Morgan fingerprint density at radius 1 is 1.30 bits per heavy atom. The third-order valence-corrected chi connectivity index (χ3v) is 2.48. The average molecular weight is 139 g/mol. The van der Waals surface area contributed by atoms with E-state index in [2.05, 4.69) is 16.1 Å². The minimum Gasteiger partial charge on any atom is -0.246 e. The Morgan fingerprint density at radius 2 is 2.10 bits per heavy atom. The maximum Gasteiger partial charge on any atom is 0.207 e. The topological polar surface area (TPSA) is 17.2 Å². The molecule has 2 heteroatoms. The molecule has 0 aromatic carbocycles. The first-order chi connectivity index (χ1) is 4.97. The Labute approximate surface area is 61.9 Å². The molecule has 0 aliphatic carbocycles. The van der Waals surface area contributed by atoms with Crippen LogP contribution in [0.3, 0.4) is 0 Å². The molecule has 2 nitrogen and oxygen atoms in total. The summed E-state index contributed by atoms with van der Waals surface area (Å²) in [6.07, 6.45) is 8.25. The highest BCUT2D eigenvalue weighted by Crippen LogP contribution is 2.11. The first-order valence-electron chi connectivity index (χ1n) is 4.28. The molecule has 2 heterocycles. The van der Waals surface area contributed by atoms with E-state index in [1.54, 1.807) is 0 Å². The van der Waals surface area contributed by atoms with Crippen molar-refractivity contribution in [2.45, 2.75) is 31.8 Å². The van der Waals surface area contributed by atoms with Gasteiger partial charge in [-0.25, -0.2) is 9.89 Å². The third-order valence-electron chi connectivity index (χ3n) is 2.48. The van der Waals surface area contributed by atoms with Gasteiger partial charge in [-0.05, 0) is 12.8 Å². The Morgan fingerprint density at radius 3 is 2.70 bits per heavy atom. The normalized spacial score (nSPS) is 33.8. The van der Waals surface area contributed by atoms with Crippen LogP contribution in [0.25, 0.3) is 0 Å². The summed E-state index contributed by atoms with van der Waals surface area (Å²) >= 11 is 0. The van der Waals surface area contributed by atoms with E-state index in [9.17, 15) is 0 Å². The lowest BCUT2D eigenvalue weighted by Gasteiger charge is -2.14. The molecule has 1 saturated heterocycles. The molecular formula is C8H15N2+. The molecule has 0 aromatic heterocycles. The molecule has 2 aliphatic rings. The van der Waals surface area contributed by atoms with Gasteiger partial charge in [-0.15, -0.1) is 0 Å². The fourth-order valence-corrected chi connectivity index (χ4v) is 1.89. The standard InChI is InChI=1S/C8H14N2/c1-2-7-10(6-1)8-4-3-5-9-8/h5,8H,1-4,6-7H2/p+1. The highest BCUT2D eigenvalue weighted by atomic mass is 15.3. The molecule has 10 heavy (non-hydrogen) atoms. The van der Waals surface area contributed by atoms with E-state index in [0.29, 0.717) is 6.17 Å². The lowest BCUT2D eigenvalue weighted by Crippen LogP contribution is -2.78. The fraction of sp³-hybridized carbons (Fsp3) is 0.875. The molecule has 2 rings (SSSR count). The van der Waals surface area contributed by atoms with E-state index in [1.165, 1.54) is 38.8 Å². The van der Waals surface area contributed by atoms with Crippen LogP contribution < -0.4 is 4.99 Å². The summed E-state index contributed by atoms with van der Waals surface area (Å²) in [4.78, 5) is 5.96. The van der Waals surface area contributed by atoms with Crippen molar-refractivity contribution >= 4 is 6.21 Å². The number of hydrogen-bond acceptors (Lipinski definition) is 1. The summed E-state index contributed by atoms with van der Waals surface area (Å²) in [6, 6.07) is 0. The SMILES string of the molecule is C1=[NH+]C(N2CCCC2)CC1. The maximum absolute atomic E-state index is 3.40. The lowest BCUT2D eigenvalue weighted by atomic mass is 10.3. The number of nitrogens with one attached hydrogen (secondary N) is 1. The summed E-state index contributed by atoms with van der Waals surface area (Å²) < 4.78 is 0. The van der Waals surface area contributed by atoms with Gasteiger partial charge in [0.1, 0.15) is 6.21 Å². The molecule has 0 bridgehead atoms. The molecule has 0 spiro atoms. The van der Waals surface area contributed by atoms with Crippen LogP contribution in [0.2, 0.25) is 0 Å². The molecule has 1 fully saturated rings. The van der Waals surface area contributed by atoms with Crippen molar-refractivity contribution in [2.75, 3.05) is 13.1 Å². The Kier molecular flexibility index (Phi) is 1.72. The first kappa shape index (κ1) is 6.35. The van der Waals surface area contributed by atoms with E-state index >= 15 is 0 Å². The highest BCUT2D eigenvalue weighted by Gasteiger charge is 2.26. The molecule has 0 radical (unpaired) electrons. The molecule has 0 aromatic rings. The van der Waals surface area contributed by atoms with Crippen molar-refractivity contribution in [3.05, 3.63) is 0 Å². The monoisotopic (exact) mass is 139 g/mol. The predicted octanol–water partition coefficient (Wildman–Crippen LogP) is -0.646. The smallest absolute Gasteiger partial charge is 0.207 e. The number of hydrogen-bond donors (Lipinski definition) is 1. The van der Waals surface area contributed by atoms with Gasteiger partial charge in [0.15, 0.2) is 0 Å². The predicted molar refractivity (Wildman–Crippen MR) is 40.9 cm³/mol. The van der Waals surface area contributed by atoms with Crippen LogP contribution in [0.4, 0.5) is 0 Å². The van der Waals surface area contributed by atoms with Crippen molar-refractivity contribution in [3.63, 3.8) is 0 Å². The van der Waals surface area contributed by atoms with Crippen LogP contribution in [0.15, 0.2) is 0 Å². The van der Waals surface area contributed by atoms with Gasteiger partial charge in [0.05, 0.1) is 0 Å². The van der Waals surface area contributed by atoms with Gasteiger partial charge in [0.25, 0.3) is 0 Å². The molecule has 1 unspecified atom stereocenters. The van der Waals surface area contributed by atoms with E-state index < -0.39 is 0 Å². The Hall–Kier alpha value is -0.370. The summed E-state index contributed by atoms with van der Waals surface area (Å²) in [7, 11) is 0. The van der Waals surface area contributed by atoms with Gasteiger partial charge in [-0.1, -0.05) is 0 Å². The van der Waals surface area contributed by atoms with Crippen molar-refractivity contribution < 1.29 is 4.99 Å². The van der Waals surface area contributed by atoms with Crippen LogP contribution in [0.5, 0.6) is 0 Å². The lowest BCUT2D eigenvalue weighted by molar-refractivity contribution is -0.519. The van der Waals surface area contributed by atoms with Gasteiger partial charge < -0.3 is 0 Å². The van der Waals surface area contributed by atoms with Crippen LogP contribution in [0.1, 0.15) is 25.7 Å². The largest absolute Gasteiger partial charge is 0.246 e. The molecule has 0 saturated carbocycles. The molecule has 1 N–H and O–H groups in total. The zero-order valence-electron chi connectivity index (χ0n) is 6.34. The second kappa shape index (κ2) is 2.70. The minimum absolute atomic E-state index is 0.683. The zero-order valence-corrected chi connectivity index (χ0v) is 6.34. The van der Waals surface area contributed by atoms with Crippen molar-refractivity contribution in [1.29, 1.82) is 0 Å². The molecule has 0 amide bonds. The minimum atomic E-state index is 0.683. The van der Waals surface area contributed by atoms with E-state index in [4.69, 9.17) is 0 Å². The van der Waals surface area contributed by atoms with Crippen molar-refractivity contribution in [1.82, 2.24) is 4.90 Å². The number of rotatable bonds is 1. The summed E-state index contributed by atoms with van der Waals surface area (Å²) in [5.41, 5.74) is 0. The van der Waals surface area contributed by atoms with Gasteiger partial charge >= 0.3 is 0 Å². The van der Waals surface area contributed by atoms with Gasteiger partial charge in [-0.3, -0.25) is 0 Å².